The molecule has 0 spiro atoms. The lowest BCUT2D eigenvalue weighted by Crippen LogP contribution is -2.36. The van der Waals surface area contributed by atoms with Crippen molar-refractivity contribution in [1.82, 2.24) is 0 Å². The Bertz CT molecular complexity index is 311. The van der Waals surface area contributed by atoms with E-state index in [1.165, 1.54) is 16.3 Å². The molecule has 2 nitrogen and oxygen atoms in total. The molecule has 13 heavy (non-hydrogen) atoms. The van der Waals surface area contributed by atoms with Crippen LogP contribution in [0.4, 0.5) is 5.69 Å². The van der Waals surface area contributed by atoms with Gasteiger partial charge in [0.15, 0.2) is 0 Å². The van der Waals surface area contributed by atoms with Gasteiger partial charge >= 0.3 is 0 Å². The van der Waals surface area contributed by atoms with Crippen molar-refractivity contribution >= 4 is 17.4 Å². The summed E-state index contributed by atoms with van der Waals surface area (Å²) in [5.74, 6) is 2.27. The second-order valence-electron chi connectivity index (χ2n) is 3.29. The molecule has 1 aromatic carbocycles. The van der Waals surface area contributed by atoms with Crippen LogP contribution in [0.15, 0.2) is 23.1 Å². The highest BCUT2D eigenvalue weighted by Gasteiger charge is 2.24. The Kier molecular flexibility index (Phi) is 1.65. The number of ether oxygens (including phenoxy) is 1. The molecule has 0 unspecified atom stereocenters. The second kappa shape index (κ2) is 2.84. The van der Waals surface area contributed by atoms with Crippen molar-refractivity contribution < 1.29 is 4.74 Å². The zero-order valence-corrected chi connectivity index (χ0v) is 8.14. The Labute approximate surface area is 81.9 Å². The maximum atomic E-state index is 5.62. The average Bonchev–Trinajstić information content (AvgIpc) is 2.19. The van der Waals surface area contributed by atoms with Gasteiger partial charge in [0.25, 0.3) is 0 Å². The summed E-state index contributed by atoms with van der Waals surface area (Å²) in [6, 6.07) is 6.33. The lowest BCUT2D eigenvalue weighted by Gasteiger charge is -2.35. The van der Waals surface area contributed by atoms with Gasteiger partial charge in [-0.3, -0.25) is 0 Å². The molecule has 0 N–H and O–H groups in total. The van der Waals surface area contributed by atoms with E-state index in [1.54, 1.807) is 0 Å². The molecule has 2 aliphatic rings. The Morgan fingerprint density at radius 2 is 2.31 bits per heavy atom. The minimum atomic E-state index is 0.834. The van der Waals surface area contributed by atoms with Crippen LogP contribution in [0.2, 0.25) is 0 Å². The van der Waals surface area contributed by atoms with E-state index in [1.807, 2.05) is 11.8 Å². The molecule has 3 rings (SSSR count). The summed E-state index contributed by atoms with van der Waals surface area (Å²) in [7, 11) is 0. The van der Waals surface area contributed by atoms with E-state index in [0.717, 1.165) is 25.4 Å². The molecule has 0 bridgehead atoms. The smallest absolute Gasteiger partial charge is 0.143 e. The first kappa shape index (κ1) is 7.56. The zero-order chi connectivity index (χ0) is 8.67. The van der Waals surface area contributed by atoms with Crippen molar-refractivity contribution in [1.29, 1.82) is 0 Å². The number of rotatable bonds is 0. The van der Waals surface area contributed by atoms with Crippen molar-refractivity contribution in [3.63, 3.8) is 0 Å². The van der Waals surface area contributed by atoms with E-state index in [9.17, 15) is 0 Å². The van der Waals surface area contributed by atoms with Crippen LogP contribution in [0.3, 0.4) is 0 Å². The minimum absolute atomic E-state index is 0.834. The van der Waals surface area contributed by atoms with E-state index < -0.39 is 0 Å². The number of benzene rings is 1. The van der Waals surface area contributed by atoms with Crippen molar-refractivity contribution in [2.24, 2.45) is 0 Å². The van der Waals surface area contributed by atoms with Crippen molar-refractivity contribution in [3.05, 3.63) is 18.2 Å². The predicted octanol–water partition coefficient (Wildman–Crippen LogP) is 1.99. The van der Waals surface area contributed by atoms with Crippen LogP contribution in [-0.2, 0) is 0 Å². The van der Waals surface area contributed by atoms with Gasteiger partial charge in [0.1, 0.15) is 12.4 Å². The van der Waals surface area contributed by atoms with E-state index >= 15 is 0 Å². The third kappa shape index (κ3) is 1.10. The highest BCUT2D eigenvalue weighted by Crippen LogP contribution is 2.42. The topological polar surface area (TPSA) is 12.5 Å². The van der Waals surface area contributed by atoms with Gasteiger partial charge in [0, 0.05) is 17.2 Å². The van der Waals surface area contributed by atoms with Crippen LogP contribution in [0.25, 0.3) is 0 Å². The summed E-state index contributed by atoms with van der Waals surface area (Å²) in [4.78, 5) is 3.81. The van der Waals surface area contributed by atoms with Gasteiger partial charge in [-0.2, -0.15) is 0 Å². The van der Waals surface area contributed by atoms with Gasteiger partial charge in [-0.1, -0.05) is 6.07 Å². The van der Waals surface area contributed by atoms with Crippen molar-refractivity contribution in [2.45, 2.75) is 4.90 Å². The van der Waals surface area contributed by atoms with Crippen molar-refractivity contribution in [3.8, 4) is 5.75 Å². The summed E-state index contributed by atoms with van der Waals surface area (Å²) in [6.45, 7) is 3.05. The van der Waals surface area contributed by atoms with Crippen LogP contribution in [0, 0.1) is 0 Å². The number of hydrogen-bond acceptors (Lipinski definition) is 3. The first-order chi connectivity index (χ1) is 6.45. The van der Waals surface area contributed by atoms with E-state index in [0.29, 0.717) is 0 Å². The highest BCUT2D eigenvalue weighted by molar-refractivity contribution is 7.99. The average molecular weight is 193 g/mol. The Balaban J connectivity index is 2.18. The standard InChI is InChI=1S/C10H11NOS/c1-2-8-10-9(3-1)13-7-5-11(10)4-6-12-8/h1-3H,4-7H2. The molecular formula is C10H11NOS. The first-order valence-corrected chi connectivity index (χ1v) is 5.57. The molecule has 0 aliphatic carbocycles. The number of nitrogens with zero attached hydrogens (tertiary/aromatic N) is 1. The van der Waals surface area contributed by atoms with E-state index in [4.69, 9.17) is 4.74 Å². The van der Waals surface area contributed by atoms with Crippen LogP contribution >= 0.6 is 11.8 Å². The molecule has 0 fully saturated rings. The Morgan fingerprint density at radius 1 is 1.31 bits per heavy atom. The molecule has 0 saturated heterocycles. The molecule has 3 heteroatoms. The van der Waals surface area contributed by atoms with Crippen LogP contribution in [-0.4, -0.2) is 25.4 Å². The third-order valence-corrected chi connectivity index (χ3v) is 3.54. The van der Waals surface area contributed by atoms with Gasteiger partial charge in [0.05, 0.1) is 12.2 Å². The molecule has 0 amide bonds. The van der Waals surface area contributed by atoms with E-state index in [-0.39, 0.29) is 0 Å². The largest absolute Gasteiger partial charge is 0.490 e. The molecule has 0 saturated carbocycles. The third-order valence-electron chi connectivity index (χ3n) is 2.52. The second-order valence-corrected chi connectivity index (χ2v) is 4.42. The molecular weight excluding hydrogens is 182 g/mol. The maximum Gasteiger partial charge on any atom is 0.143 e. The van der Waals surface area contributed by atoms with Gasteiger partial charge in [0.2, 0.25) is 0 Å². The SMILES string of the molecule is c1cc2c3c(c1)SCCN3CCO2. The Morgan fingerprint density at radius 3 is 3.31 bits per heavy atom. The molecule has 0 radical (unpaired) electrons. The fraction of sp³-hybridized carbons (Fsp3) is 0.400. The fourth-order valence-electron chi connectivity index (χ4n) is 1.91. The maximum absolute atomic E-state index is 5.62. The quantitative estimate of drug-likeness (QED) is 0.625. The van der Waals surface area contributed by atoms with Gasteiger partial charge < -0.3 is 9.64 Å². The summed E-state index contributed by atoms with van der Waals surface area (Å²) >= 11 is 1.93. The number of anilines is 1. The lowest BCUT2D eigenvalue weighted by molar-refractivity contribution is 0.306. The lowest BCUT2D eigenvalue weighted by atomic mass is 10.2. The molecule has 2 heterocycles. The summed E-state index contributed by atoms with van der Waals surface area (Å²) in [6.07, 6.45) is 0. The van der Waals surface area contributed by atoms with Gasteiger partial charge in [-0.25, -0.2) is 0 Å². The van der Waals surface area contributed by atoms with Crippen LogP contribution in [0.5, 0.6) is 5.75 Å². The molecule has 68 valence electrons. The van der Waals surface area contributed by atoms with Crippen LogP contribution in [0.1, 0.15) is 0 Å². The monoisotopic (exact) mass is 193 g/mol. The normalized spacial score (nSPS) is 19.2. The number of para-hydroxylation sites is 1. The summed E-state index contributed by atoms with van der Waals surface area (Å²) in [5.41, 5.74) is 1.32. The first-order valence-electron chi connectivity index (χ1n) is 4.59. The molecule has 0 aromatic heterocycles. The summed E-state index contributed by atoms with van der Waals surface area (Å²) in [5, 5.41) is 0. The predicted molar refractivity (Wildman–Crippen MR) is 54.9 cm³/mol. The molecule has 0 atom stereocenters. The number of hydrogen-bond donors (Lipinski definition) is 0. The van der Waals surface area contributed by atoms with Crippen LogP contribution < -0.4 is 9.64 Å². The zero-order valence-electron chi connectivity index (χ0n) is 7.32. The minimum Gasteiger partial charge on any atom is -0.490 e. The van der Waals surface area contributed by atoms with Crippen molar-refractivity contribution in [2.75, 3.05) is 30.3 Å². The molecule has 2 aliphatic heterocycles. The van der Waals surface area contributed by atoms with E-state index in [2.05, 4.69) is 23.1 Å². The number of thioether (sulfide) groups is 1. The van der Waals surface area contributed by atoms with Gasteiger partial charge in [-0.05, 0) is 12.1 Å². The fourth-order valence-corrected chi connectivity index (χ4v) is 2.99. The Hall–Kier alpha value is -0.830. The molecule has 1 aromatic rings. The highest BCUT2D eigenvalue weighted by atomic mass is 32.2. The summed E-state index contributed by atoms with van der Waals surface area (Å²) < 4.78 is 5.62. The van der Waals surface area contributed by atoms with Gasteiger partial charge in [-0.15, -0.1) is 11.8 Å².